The van der Waals surface area contributed by atoms with E-state index in [-0.39, 0.29) is 25.0 Å². The summed E-state index contributed by atoms with van der Waals surface area (Å²) < 4.78 is 16.3. The summed E-state index contributed by atoms with van der Waals surface area (Å²) in [7, 11) is 1.62. The Morgan fingerprint density at radius 1 is 0.947 bits per heavy atom. The zero-order chi connectivity index (χ0) is 26.7. The SMILES string of the molecule is CCCCNC(=O)[C@H](Cc1ccccc1)N(Cc1cccc(OC)c1)C(=O)CCc1ccc2c(c1)OCO2. The number of nitrogens with zero attached hydrogens (tertiary/aromatic N) is 1. The van der Waals surface area contributed by atoms with E-state index in [9.17, 15) is 9.59 Å². The number of unbranched alkanes of at least 4 members (excludes halogenated alkanes) is 1. The fraction of sp³-hybridized carbons (Fsp3) is 0.355. The number of hydrogen-bond donors (Lipinski definition) is 1. The van der Waals surface area contributed by atoms with Gasteiger partial charge in [-0.2, -0.15) is 0 Å². The molecule has 1 atom stereocenters. The van der Waals surface area contributed by atoms with Crippen LogP contribution in [0.25, 0.3) is 0 Å². The van der Waals surface area contributed by atoms with Crippen LogP contribution in [0.2, 0.25) is 0 Å². The van der Waals surface area contributed by atoms with Crippen LogP contribution in [0.5, 0.6) is 17.2 Å². The van der Waals surface area contributed by atoms with Gasteiger partial charge in [0.25, 0.3) is 0 Å². The van der Waals surface area contributed by atoms with Crippen molar-refractivity contribution < 1.29 is 23.8 Å². The topological polar surface area (TPSA) is 77.1 Å². The first-order valence-electron chi connectivity index (χ1n) is 13.2. The van der Waals surface area contributed by atoms with Crippen molar-refractivity contribution in [1.82, 2.24) is 10.2 Å². The molecule has 0 unspecified atom stereocenters. The van der Waals surface area contributed by atoms with E-state index >= 15 is 0 Å². The smallest absolute Gasteiger partial charge is 0.243 e. The number of hydrogen-bond acceptors (Lipinski definition) is 5. The van der Waals surface area contributed by atoms with Crippen molar-refractivity contribution in [3.63, 3.8) is 0 Å². The van der Waals surface area contributed by atoms with Crippen LogP contribution in [-0.4, -0.2) is 43.2 Å². The second kappa shape index (κ2) is 13.5. The molecule has 200 valence electrons. The third-order valence-electron chi connectivity index (χ3n) is 6.65. The second-order valence-electron chi connectivity index (χ2n) is 9.41. The molecule has 0 bridgehead atoms. The number of amides is 2. The first-order valence-corrected chi connectivity index (χ1v) is 13.2. The summed E-state index contributed by atoms with van der Waals surface area (Å²) >= 11 is 0. The standard InChI is InChI=1S/C31H36N2O5/c1-3-4-17-32-31(35)27(19-23-9-6-5-7-10-23)33(21-25-11-8-12-26(18-25)36-2)30(34)16-14-24-13-15-28-29(20-24)38-22-37-28/h5-13,15,18,20,27H,3-4,14,16-17,19,21-22H2,1-2H3,(H,32,35)/t27-/m0/s1. The fourth-order valence-corrected chi connectivity index (χ4v) is 4.52. The van der Waals surface area contributed by atoms with Gasteiger partial charge in [-0.15, -0.1) is 0 Å². The molecule has 0 saturated carbocycles. The van der Waals surface area contributed by atoms with Gasteiger partial charge in [0.2, 0.25) is 18.6 Å². The molecule has 0 radical (unpaired) electrons. The van der Waals surface area contributed by atoms with E-state index in [1.54, 1.807) is 12.0 Å². The first-order chi connectivity index (χ1) is 18.6. The molecule has 0 aliphatic carbocycles. The van der Waals surface area contributed by atoms with Crippen molar-refractivity contribution in [1.29, 1.82) is 0 Å². The van der Waals surface area contributed by atoms with Gasteiger partial charge in [0.1, 0.15) is 11.8 Å². The summed E-state index contributed by atoms with van der Waals surface area (Å²) in [5.41, 5.74) is 2.89. The van der Waals surface area contributed by atoms with Crippen LogP contribution >= 0.6 is 0 Å². The maximum absolute atomic E-state index is 13.8. The predicted molar refractivity (Wildman–Crippen MR) is 146 cm³/mol. The molecule has 7 heteroatoms. The lowest BCUT2D eigenvalue weighted by Gasteiger charge is -2.32. The molecule has 3 aromatic rings. The van der Waals surface area contributed by atoms with Crippen LogP contribution in [0.15, 0.2) is 72.8 Å². The molecule has 7 nitrogen and oxygen atoms in total. The maximum Gasteiger partial charge on any atom is 0.243 e. The number of methoxy groups -OCH3 is 1. The molecule has 1 heterocycles. The van der Waals surface area contributed by atoms with E-state index in [0.717, 1.165) is 29.5 Å². The largest absolute Gasteiger partial charge is 0.497 e. The van der Waals surface area contributed by atoms with Crippen molar-refractivity contribution in [2.24, 2.45) is 0 Å². The molecule has 1 aliphatic heterocycles. The number of benzene rings is 3. The Kier molecular flexibility index (Phi) is 9.62. The Bertz CT molecular complexity index is 1210. The Morgan fingerprint density at radius 2 is 1.74 bits per heavy atom. The first kappa shape index (κ1) is 27.0. The Balaban J connectivity index is 1.59. The number of ether oxygens (including phenoxy) is 3. The van der Waals surface area contributed by atoms with Crippen LogP contribution in [0.4, 0.5) is 0 Å². The average molecular weight is 517 g/mol. The number of carbonyl (C=O) groups excluding carboxylic acids is 2. The highest BCUT2D eigenvalue weighted by Crippen LogP contribution is 2.33. The van der Waals surface area contributed by atoms with E-state index in [0.29, 0.717) is 43.2 Å². The van der Waals surface area contributed by atoms with Crippen LogP contribution in [-0.2, 0) is 29.0 Å². The quantitative estimate of drug-likeness (QED) is 0.327. The molecular weight excluding hydrogens is 480 g/mol. The molecule has 38 heavy (non-hydrogen) atoms. The van der Waals surface area contributed by atoms with Crippen molar-refractivity contribution >= 4 is 11.8 Å². The number of carbonyl (C=O) groups is 2. The lowest BCUT2D eigenvalue weighted by Crippen LogP contribution is -2.50. The number of fused-ring (bicyclic) bond motifs is 1. The molecule has 0 aromatic heterocycles. The summed E-state index contributed by atoms with van der Waals surface area (Å²) in [5.74, 6) is 1.90. The summed E-state index contributed by atoms with van der Waals surface area (Å²) in [6.45, 7) is 3.18. The van der Waals surface area contributed by atoms with Crippen LogP contribution < -0.4 is 19.5 Å². The van der Waals surface area contributed by atoms with Crippen molar-refractivity contribution in [2.75, 3.05) is 20.4 Å². The van der Waals surface area contributed by atoms with Gasteiger partial charge in [-0.05, 0) is 53.8 Å². The van der Waals surface area contributed by atoms with Gasteiger partial charge in [-0.1, -0.05) is 61.9 Å². The molecule has 0 spiro atoms. The normalized spacial score (nSPS) is 12.6. The summed E-state index contributed by atoms with van der Waals surface area (Å²) in [6.07, 6.45) is 3.08. The van der Waals surface area contributed by atoms with Gasteiger partial charge >= 0.3 is 0 Å². The monoisotopic (exact) mass is 516 g/mol. The lowest BCUT2D eigenvalue weighted by atomic mass is 10.0. The van der Waals surface area contributed by atoms with Crippen molar-refractivity contribution in [3.05, 3.63) is 89.5 Å². The van der Waals surface area contributed by atoms with E-state index in [2.05, 4.69) is 12.2 Å². The van der Waals surface area contributed by atoms with Gasteiger partial charge in [-0.3, -0.25) is 9.59 Å². The molecule has 3 aromatic carbocycles. The van der Waals surface area contributed by atoms with Gasteiger partial charge in [-0.25, -0.2) is 0 Å². The number of nitrogens with one attached hydrogen (secondary N) is 1. The van der Waals surface area contributed by atoms with Crippen LogP contribution in [0.3, 0.4) is 0 Å². The van der Waals surface area contributed by atoms with Gasteiger partial charge in [0.05, 0.1) is 7.11 Å². The van der Waals surface area contributed by atoms with E-state index in [1.807, 2.05) is 72.8 Å². The summed E-state index contributed by atoms with van der Waals surface area (Å²) in [4.78, 5) is 29.1. The second-order valence-corrected chi connectivity index (χ2v) is 9.41. The summed E-state index contributed by atoms with van der Waals surface area (Å²) in [5, 5.41) is 3.06. The van der Waals surface area contributed by atoms with E-state index in [4.69, 9.17) is 14.2 Å². The van der Waals surface area contributed by atoms with Crippen molar-refractivity contribution in [3.8, 4) is 17.2 Å². The van der Waals surface area contributed by atoms with Crippen LogP contribution in [0.1, 0.15) is 42.9 Å². The van der Waals surface area contributed by atoms with E-state index < -0.39 is 6.04 Å². The molecular formula is C31H36N2O5. The molecule has 1 aliphatic rings. The zero-order valence-corrected chi connectivity index (χ0v) is 22.2. The minimum absolute atomic E-state index is 0.0861. The Morgan fingerprint density at radius 3 is 2.53 bits per heavy atom. The Hall–Kier alpha value is -4.00. The number of rotatable bonds is 13. The van der Waals surface area contributed by atoms with E-state index in [1.165, 1.54) is 0 Å². The van der Waals surface area contributed by atoms with Gasteiger partial charge in [0.15, 0.2) is 11.5 Å². The summed E-state index contributed by atoms with van der Waals surface area (Å²) in [6, 6.07) is 22.6. The predicted octanol–water partition coefficient (Wildman–Crippen LogP) is 4.91. The highest BCUT2D eigenvalue weighted by molar-refractivity contribution is 5.88. The third-order valence-corrected chi connectivity index (χ3v) is 6.65. The molecule has 0 saturated heterocycles. The fourth-order valence-electron chi connectivity index (χ4n) is 4.52. The van der Waals surface area contributed by atoms with Crippen molar-refractivity contribution in [2.45, 2.75) is 51.6 Å². The average Bonchev–Trinajstić information content (AvgIpc) is 3.42. The molecule has 0 fully saturated rings. The third kappa shape index (κ3) is 7.28. The molecule has 1 N–H and O–H groups in total. The molecule has 2 amide bonds. The minimum atomic E-state index is -0.648. The zero-order valence-electron chi connectivity index (χ0n) is 22.2. The van der Waals surface area contributed by atoms with Gasteiger partial charge in [0, 0.05) is 25.9 Å². The Labute approximate surface area is 224 Å². The minimum Gasteiger partial charge on any atom is -0.497 e. The highest BCUT2D eigenvalue weighted by atomic mass is 16.7. The maximum atomic E-state index is 13.8. The van der Waals surface area contributed by atoms with Gasteiger partial charge < -0.3 is 24.4 Å². The lowest BCUT2D eigenvalue weighted by molar-refractivity contribution is -0.141. The number of aryl methyl sites for hydroxylation is 1. The highest BCUT2D eigenvalue weighted by Gasteiger charge is 2.30. The van der Waals surface area contributed by atoms with Crippen LogP contribution in [0, 0.1) is 0 Å². The molecule has 4 rings (SSSR count).